The SMILES string of the molecule is [O-][s+]1c(O)c(O)c2nc(N3CCc4nc(-c5ccccn5)sc4C3)nc(NC3(CO)CCC3)c21. The number of nitrogens with zero attached hydrogens (tertiary/aromatic N) is 5. The largest absolute Gasteiger partial charge is 0.587 e. The molecule has 4 N–H and O–H groups in total. The number of nitrogens with one attached hydrogen (secondary N) is 1. The monoisotopic (exact) mass is 498 g/mol. The molecule has 0 aromatic carbocycles. The zero-order valence-corrected chi connectivity index (χ0v) is 19.7. The van der Waals surface area contributed by atoms with E-state index in [9.17, 15) is 19.9 Å². The minimum absolute atomic E-state index is 0.0556. The number of aromatic nitrogens is 4. The third-order valence-electron chi connectivity index (χ3n) is 6.54. The Morgan fingerprint density at radius 2 is 2.06 bits per heavy atom. The van der Waals surface area contributed by atoms with Crippen LogP contribution in [0.5, 0.6) is 10.8 Å². The number of aromatic hydroxyl groups is 2. The Labute approximate surface area is 201 Å². The second-order valence-electron chi connectivity index (χ2n) is 8.66. The molecule has 4 aromatic heterocycles. The van der Waals surface area contributed by atoms with Gasteiger partial charge < -0.3 is 30.1 Å². The zero-order chi connectivity index (χ0) is 23.4. The van der Waals surface area contributed by atoms with Crippen molar-refractivity contribution < 1.29 is 19.9 Å². The fourth-order valence-electron chi connectivity index (χ4n) is 4.43. The van der Waals surface area contributed by atoms with Crippen LogP contribution in [-0.4, -0.2) is 58.5 Å². The molecule has 1 saturated carbocycles. The summed E-state index contributed by atoms with van der Waals surface area (Å²) in [6.07, 6.45) is 4.90. The van der Waals surface area contributed by atoms with E-state index in [-0.39, 0.29) is 22.6 Å². The van der Waals surface area contributed by atoms with Crippen molar-refractivity contribution in [3.05, 3.63) is 35.0 Å². The van der Waals surface area contributed by atoms with Crippen molar-refractivity contribution in [2.45, 2.75) is 37.8 Å². The number of hydrogen-bond donors (Lipinski definition) is 4. The van der Waals surface area contributed by atoms with Gasteiger partial charge in [0.1, 0.15) is 5.01 Å². The van der Waals surface area contributed by atoms with Crippen LogP contribution < -0.4 is 10.2 Å². The maximum Gasteiger partial charge on any atom is 0.371 e. The van der Waals surface area contributed by atoms with Crippen molar-refractivity contribution in [2.75, 3.05) is 23.4 Å². The van der Waals surface area contributed by atoms with Crippen LogP contribution in [-0.2, 0) is 13.0 Å². The van der Waals surface area contributed by atoms with Gasteiger partial charge in [0.25, 0.3) is 0 Å². The molecule has 0 radical (unpaired) electrons. The van der Waals surface area contributed by atoms with E-state index < -0.39 is 27.1 Å². The van der Waals surface area contributed by atoms with Gasteiger partial charge in [-0.1, -0.05) is 6.07 Å². The second-order valence-corrected chi connectivity index (χ2v) is 11.1. The van der Waals surface area contributed by atoms with Crippen molar-refractivity contribution in [3.8, 4) is 21.5 Å². The van der Waals surface area contributed by atoms with Gasteiger partial charge in [-0.25, -0.2) is 9.97 Å². The topological polar surface area (TPSA) is 151 Å². The van der Waals surface area contributed by atoms with E-state index >= 15 is 0 Å². The summed E-state index contributed by atoms with van der Waals surface area (Å²) in [5.74, 6) is 0.122. The molecule has 0 amide bonds. The van der Waals surface area contributed by atoms with E-state index in [1.165, 1.54) is 0 Å². The van der Waals surface area contributed by atoms with Crippen molar-refractivity contribution in [2.24, 2.45) is 0 Å². The Hall–Kier alpha value is -3.06. The van der Waals surface area contributed by atoms with Crippen molar-refractivity contribution in [1.82, 2.24) is 19.9 Å². The molecule has 1 fully saturated rings. The Bertz CT molecular complexity index is 1380. The molecule has 5 heterocycles. The highest BCUT2D eigenvalue weighted by Gasteiger charge is 2.39. The fraction of sp³-hybridized carbons (Fsp3) is 0.364. The van der Waals surface area contributed by atoms with Crippen molar-refractivity contribution in [1.29, 1.82) is 0 Å². The van der Waals surface area contributed by atoms with Crippen LogP contribution in [0.15, 0.2) is 24.4 Å². The number of aliphatic hydroxyl groups is 1. The first-order valence-electron chi connectivity index (χ1n) is 11.0. The number of thiophene rings is 1. The predicted molar refractivity (Wildman–Crippen MR) is 129 cm³/mol. The first-order valence-corrected chi connectivity index (χ1v) is 12.9. The second kappa shape index (κ2) is 8.01. The van der Waals surface area contributed by atoms with Crippen LogP contribution in [0.3, 0.4) is 0 Å². The molecule has 10 nitrogen and oxygen atoms in total. The Balaban J connectivity index is 1.38. The van der Waals surface area contributed by atoms with Crippen LogP contribution in [0, 0.1) is 0 Å². The molecule has 1 aliphatic carbocycles. The van der Waals surface area contributed by atoms with E-state index in [2.05, 4.69) is 20.3 Å². The minimum atomic E-state index is -1.98. The van der Waals surface area contributed by atoms with Gasteiger partial charge >= 0.3 is 5.06 Å². The first kappa shape index (κ1) is 21.5. The van der Waals surface area contributed by atoms with Crippen LogP contribution in [0.25, 0.3) is 20.9 Å². The van der Waals surface area contributed by atoms with Crippen LogP contribution in [0.1, 0.15) is 29.8 Å². The first-order chi connectivity index (χ1) is 16.5. The molecule has 0 saturated heterocycles. The van der Waals surface area contributed by atoms with Gasteiger partial charge in [-0.3, -0.25) is 4.98 Å². The number of hydrogen-bond acceptors (Lipinski definition) is 11. The molecular formula is C22H22N6O4S2. The summed E-state index contributed by atoms with van der Waals surface area (Å²) in [6, 6.07) is 5.74. The number of anilines is 2. The third kappa shape index (κ3) is 3.36. The summed E-state index contributed by atoms with van der Waals surface area (Å²) in [4.78, 5) is 21.4. The number of rotatable bonds is 5. The zero-order valence-electron chi connectivity index (χ0n) is 18.1. The molecule has 176 valence electrons. The van der Waals surface area contributed by atoms with Crippen LogP contribution in [0.4, 0.5) is 11.8 Å². The lowest BCUT2D eigenvalue weighted by atomic mass is 9.77. The quantitative estimate of drug-likeness (QED) is 0.302. The lowest BCUT2D eigenvalue weighted by Crippen LogP contribution is -2.48. The standard InChI is InChI=1S/C22H22N6O4S2/c29-11-22(6-3-7-22)27-18-17-15(16(30)20(31)34(17)32)25-21(26-18)28-9-5-12-14(10-28)33-19(24-12)13-4-1-2-8-23-13/h1-2,4,8,29-31H,3,5-7,9-11H2,(H,25,26,27). The molecule has 0 spiro atoms. The van der Waals surface area contributed by atoms with Crippen LogP contribution >= 0.6 is 22.1 Å². The van der Waals surface area contributed by atoms with Crippen molar-refractivity contribution >= 4 is 44.1 Å². The lowest BCUT2D eigenvalue weighted by molar-refractivity contribution is 0.144. The Kier molecular flexibility index (Phi) is 5.06. The highest BCUT2D eigenvalue weighted by atomic mass is 32.2. The third-order valence-corrected chi connectivity index (χ3v) is 8.94. The molecule has 1 atom stereocenters. The maximum absolute atomic E-state index is 12.7. The molecule has 2 aliphatic rings. The Morgan fingerprint density at radius 1 is 1.21 bits per heavy atom. The molecule has 4 aromatic rings. The van der Waals surface area contributed by atoms with Gasteiger partial charge in [-0.2, -0.15) is 4.98 Å². The normalized spacial score (nSPS) is 17.5. The van der Waals surface area contributed by atoms with Crippen molar-refractivity contribution in [3.63, 3.8) is 0 Å². The van der Waals surface area contributed by atoms with Gasteiger partial charge in [0.2, 0.25) is 16.4 Å². The summed E-state index contributed by atoms with van der Waals surface area (Å²) in [6.45, 7) is 1.05. The fourth-order valence-corrected chi connectivity index (χ4v) is 6.59. The average molecular weight is 499 g/mol. The molecular weight excluding hydrogens is 476 g/mol. The highest BCUT2D eigenvalue weighted by Crippen LogP contribution is 2.51. The number of pyridine rings is 1. The molecule has 0 bridgehead atoms. The van der Waals surface area contributed by atoms with E-state index in [0.717, 1.165) is 40.5 Å². The molecule has 12 heteroatoms. The Morgan fingerprint density at radius 3 is 2.76 bits per heavy atom. The van der Waals surface area contributed by atoms with Crippen LogP contribution in [0.2, 0.25) is 0 Å². The summed E-state index contributed by atoms with van der Waals surface area (Å²) >= 11 is 1.58. The minimum Gasteiger partial charge on any atom is -0.587 e. The van der Waals surface area contributed by atoms with Gasteiger partial charge in [0.05, 0.1) is 30.1 Å². The summed E-state index contributed by atoms with van der Waals surface area (Å²) < 4.78 is 12.9. The van der Waals surface area contributed by atoms with Gasteiger partial charge in [0.15, 0.2) is 11.3 Å². The van der Waals surface area contributed by atoms with Gasteiger partial charge in [0, 0.05) is 34.8 Å². The highest BCUT2D eigenvalue weighted by molar-refractivity contribution is 7.34. The average Bonchev–Trinajstić information content (AvgIpc) is 3.36. The van der Waals surface area contributed by atoms with E-state index in [4.69, 9.17) is 4.98 Å². The predicted octanol–water partition coefficient (Wildman–Crippen LogP) is 3.18. The number of fused-ring (bicyclic) bond motifs is 2. The van der Waals surface area contributed by atoms with E-state index in [1.54, 1.807) is 17.5 Å². The maximum atomic E-state index is 12.7. The number of aliphatic hydroxyl groups excluding tert-OH is 1. The smallest absolute Gasteiger partial charge is 0.371 e. The summed E-state index contributed by atoms with van der Waals surface area (Å²) in [5.41, 5.74) is 1.36. The summed E-state index contributed by atoms with van der Waals surface area (Å²) in [5, 5.41) is 34.0. The summed E-state index contributed by atoms with van der Waals surface area (Å²) in [7, 11) is -1.98. The molecule has 1 aliphatic heterocycles. The van der Waals surface area contributed by atoms with Gasteiger partial charge in [-0.15, -0.1) is 11.3 Å². The van der Waals surface area contributed by atoms with E-state index in [0.29, 0.717) is 25.5 Å². The van der Waals surface area contributed by atoms with E-state index in [1.807, 2.05) is 23.1 Å². The molecule has 34 heavy (non-hydrogen) atoms. The number of thiazole rings is 1. The molecule has 6 rings (SSSR count). The molecule has 1 unspecified atom stereocenters. The lowest BCUT2D eigenvalue weighted by Gasteiger charge is -2.41. The van der Waals surface area contributed by atoms with Gasteiger partial charge in [-0.05, 0) is 31.4 Å².